The molecule has 0 saturated carbocycles. The SMILES string of the molecule is Cc1cc(C(O)CCNC(=O)C(=O)Nc2cc([N+](=O)[O-])ccc2C)c(C)o1. The topological polar surface area (TPSA) is 135 Å². The average molecular weight is 375 g/mol. The Balaban J connectivity index is 1.89. The minimum atomic E-state index is -0.941. The minimum absolute atomic E-state index is 0.0744. The number of anilines is 1. The summed E-state index contributed by atoms with van der Waals surface area (Å²) in [6.45, 7) is 5.23. The molecule has 27 heavy (non-hydrogen) atoms. The highest BCUT2D eigenvalue weighted by molar-refractivity contribution is 6.39. The van der Waals surface area contributed by atoms with Gasteiger partial charge in [0.15, 0.2) is 0 Å². The number of aliphatic hydroxyl groups excluding tert-OH is 1. The van der Waals surface area contributed by atoms with Gasteiger partial charge in [0.05, 0.1) is 16.7 Å². The predicted octanol–water partition coefficient (Wildman–Crippen LogP) is 2.29. The van der Waals surface area contributed by atoms with Crippen LogP contribution in [0.15, 0.2) is 28.7 Å². The van der Waals surface area contributed by atoms with E-state index in [1.165, 1.54) is 18.2 Å². The third kappa shape index (κ3) is 5.14. The van der Waals surface area contributed by atoms with Crippen molar-refractivity contribution in [3.05, 3.63) is 57.0 Å². The van der Waals surface area contributed by atoms with Crippen molar-refractivity contribution in [2.24, 2.45) is 0 Å². The van der Waals surface area contributed by atoms with E-state index < -0.39 is 22.8 Å². The normalized spacial score (nSPS) is 11.7. The Kier molecular flexibility index (Phi) is 6.30. The summed E-state index contributed by atoms with van der Waals surface area (Å²) in [5.74, 6) is -0.556. The second kappa shape index (κ2) is 8.45. The van der Waals surface area contributed by atoms with Crippen molar-refractivity contribution >= 4 is 23.2 Å². The zero-order valence-corrected chi connectivity index (χ0v) is 15.2. The number of nitrogens with one attached hydrogen (secondary N) is 2. The number of carbonyl (C=O) groups is 2. The van der Waals surface area contributed by atoms with Crippen molar-refractivity contribution < 1.29 is 24.0 Å². The molecular formula is C18H21N3O6. The van der Waals surface area contributed by atoms with E-state index in [1.54, 1.807) is 26.8 Å². The highest BCUT2D eigenvalue weighted by Gasteiger charge is 2.18. The Labute approximate surface area is 155 Å². The Morgan fingerprint density at radius 2 is 1.93 bits per heavy atom. The van der Waals surface area contributed by atoms with Gasteiger partial charge >= 0.3 is 11.8 Å². The maximum absolute atomic E-state index is 12.0. The summed E-state index contributed by atoms with van der Waals surface area (Å²) in [6, 6.07) is 5.71. The van der Waals surface area contributed by atoms with Crippen LogP contribution in [0.3, 0.4) is 0 Å². The molecule has 1 unspecified atom stereocenters. The zero-order chi connectivity index (χ0) is 20.1. The molecule has 2 rings (SSSR count). The summed E-state index contributed by atoms with van der Waals surface area (Å²) in [4.78, 5) is 34.1. The van der Waals surface area contributed by atoms with Crippen molar-refractivity contribution in [2.45, 2.75) is 33.3 Å². The van der Waals surface area contributed by atoms with Gasteiger partial charge in [-0.25, -0.2) is 0 Å². The molecular weight excluding hydrogens is 354 g/mol. The molecule has 1 aromatic heterocycles. The summed E-state index contributed by atoms with van der Waals surface area (Å²) >= 11 is 0. The van der Waals surface area contributed by atoms with Crippen molar-refractivity contribution in [1.82, 2.24) is 5.32 Å². The van der Waals surface area contributed by atoms with Gasteiger partial charge < -0.3 is 20.2 Å². The number of rotatable bonds is 6. The van der Waals surface area contributed by atoms with Gasteiger partial charge in [-0.2, -0.15) is 0 Å². The first-order valence-corrected chi connectivity index (χ1v) is 8.28. The summed E-state index contributed by atoms with van der Waals surface area (Å²) < 4.78 is 5.35. The first-order chi connectivity index (χ1) is 12.7. The molecule has 0 fully saturated rings. The van der Waals surface area contributed by atoms with Crippen LogP contribution in [0.2, 0.25) is 0 Å². The van der Waals surface area contributed by atoms with Gasteiger partial charge in [-0.15, -0.1) is 0 Å². The van der Waals surface area contributed by atoms with Crippen molar-refractivity contribution in [3.63, 3.8) is 0 Å². The van der Waals surface area contributed by atoms with Gasteiger partial charge in [0.25, 0.3) is 5.69 Å². The van der Waals surface area contributed by atoms with Gasteiger partial charge in [0, 0.05) is 24.2 Å². The number of nitro benzene ring substituents is 1. The van der Waals surface area contributed by atoms with E-state index >= 15 is 0 Å². The van der Waals surface area contributed by atoms with E-state index in [0.717, 1.165) is 0 Å². The third-order valence-corrected chi connectivity index (χ3v) is 4.03. The lowest BCUT2D eigenvalue weighted by Crippen LogP contribution is -2.36. The van der Waals surface area contributed by atoms with Crippen molar-refractivity contribution in [3.8, 4) is 0 Å². The molecule has 1 aromatic carbocycles. The first-order valence-electron chi connectivity index (χ1n) is 8.28. The van der Waals surface area contributed by atoms with Crippen LogP contribution >= 0.6 is 0 Å². The molecule has 0 bridgehead atoms. The standard InChI is InChI=1S/C18H21N3O6/c1-10-4-5-13(21(25)26)9-15(10)20-18(24)17(23)19-7-6-16(22)14-8-11(2)27-12(14)3/h4-5,8-9,16,22H,6-7H2,1-3H3,(H,19,23)(H,20,24). The van der Waals surface area contributed by atoms with Gasteiger partial charge in [0.2, 0.25) is 0 Å². The maximum Gasteiger partial charge on any atom is 0.313 e. The van der Waals surface area contributed by atoms with Gasteiger partial charge in [-0.3, -0.25) is 19.7 Å². The molecule has 1 atom stereocenters. The average Bonchev–Trinajstić information content (AvgIpc) is 2.94. The summed E-state index contributed by atoms with van der Waals surface area (Å²) in [6.07, 6.45) is -0.626. The lowest BCUT2D eigenvalue weighted by atomic mass is 10.1. The van der Waals surface area contributed by atoms with E-state index in [9.17, 15) is 24.8 Å². The van der Waals surface area contributed by atoms with Crippen LogP contribution in [-0.2, 0) is 9.59 Å². The van der Waals surface area contributed by atoms with E-state index in [2.05, 4.69) is 10.6 Å². The summed E-state index contributed by atoms with van der Waals surface area (Å²) in [5.41, 5.74) is 1.22. The van der Waals surface area contributed by atoms with Crippen LogP contribution in [0.25, 0.3) is 0 Å². The van der Waals surface area contributed by atoms with Crippen molar-refractivity contribution in [1.29, 1.82) is 0 Å². The molecule has 0 radical (unpaired) electrons. The molecule has 0 saturated heterocycles. The first kappa shape index (κ1) is 20.1. The number of non-ortho nitro benzene ring substituents is 1. The van der Waals surface area contributed by atoms with Crippen molar-refractivity contribution in [2.75, 3.05) is 11.9 Å². The minimum Gasteiger partial charge on any atom is -0.466 e. The smallest absolute Gasteiger partial charge is 0.313 e. The lowest BCUT2D eigenvalue weighted by Gasteiger charge is -2.11. The Morgan fingerprint density at radius 3 is 2.52 bits per heavy atom. The highest BCUT2D eigenvalue weighted by Crippen LogP contribution is 2.24. The second-order valence-corrected chi connectivity index (χ2v) is 6.14. The molecule has 0 spiro atoms. The number of nitrogens with zero attached hydrogens (tertiary/aromatic N) is 1. The number of aliphatic hydroxyl groups is 1. The molecule has 3 N–H and O–H groups in total. The van der Waals surface area contributed by atoms with E-state index in [4.69, 9.17) is 4.42 Å². The molecule has 2 amide bonds. The number of nitro groups is 1. The number of aryl methyl sites for hydroxylation is 3. The van der Waals surface area contributed by atoms with Crippen LogP contribution in [-0.4, -0.2) is 28.4 Å². The van der Waals surface area contributed by atoms with E-state index in [-0.39, 0.29) is 24.3 Å². The summed E-state index contributed by atoms with van der Waals surface area (Å²) in [5, 5.41) is 25.7. The molecule has 144 valence electrons. The fourth-order valence-electron chi connectivity index (χ4n) is 2.58. The summed E-state index contributed by atoms with van der Waals surface area (Å²) in [7, 11) is 0. The predicted molar refractivity (Wildman–Crippen MR) is 97.2 cm³/mol. The molecule has 0 aliphatic carbocycles. The second-order valence-electron chi connectivity index (χ2n) is 6.14. The lowest BCUT2D eigenvalue weighted by molar-refractivity contribution is -0.384. The molecule has 1 heterocycles. The van der Waals surface area contributed by atoms with Crippen LogP contribution < -0.4 is 10.6 Å². The third-order valence-electron chi connectivity index (χ3n) is 4.03. The number of carbonyl (C=O) groups excluding carboxylic acids is 2. The zero-order valence-electron chi connectivity index (χ0n) is 15.2. The number of benzene rings is 1. The molecule has 9 heteroatoms. The van der Waals surface area contributed by atoms with E-state index in [0.29, 0.717) is 22.6 Å². The van der Waals surface area contributed by atoms with Crippen LogP contribution in [0.1, 0.15) is 35.2 Å². The highest BCUT2D eigenvalue weighted by atomic mass is 16.6. The Bertz CT molecular complexity index is 874. The Morgan fingerprint density at radius 1 is 1.22 bits per heavy atom. The fourth-order valence-corrected chi connectivity index (χ4v) is 2.58. The Hall–Kier alpha value is -3.20. The molecule has 0 aliphatic heterocycles. The van der Waals surface area contributed by atoms with Gasteiger partial charge in [-0.1, -0.05) is 6.07 Å². The fraction of sp³-hybridized carbons (Fsp3) is 0.333. The number of hydrogen-bond acceptors (Lipinski definition) is 6. The monoisotopic (exact) mass is 375 g/mol. The van der Waals surface area contributed by atoms with Crippen LogP contribution in [0.4, 0.5) is 11.4 Å². The number of hydrogen-bond donors (Lipinski definition) is 3. The molecule has 0 aliphatic rings. The van der Waals surface area contributed by atoms with Gasteiger partial charge in [-0.05, 0) is 38.8 Å². The van der Waals surface area contributed by atoms with E-state index in [1.807, 2.05) is 0 Å². The number of amides is 2. The maximum atomic E-state index is 12.0. The number of furan rings is 1. The molecule has 2 aromatic rings. The van der Waals surface area contributed by atoms with Gasteiger partial charge in [0.1, 0.15) is 11.5 Å². The largest absolute Gasteiger partial charge is 0.466 e. The van der Waals surface area contributed by atoms with Crippen LogP contribution in [0.5, 0.6) is 0 Å². The molecule has 9 nitrogen and oxygen atoms in total. The quantitative estimate of drug-likeness (QED) is 0.403. The van der Waals surface area contributed by atoms with Crippen LogP contribution in [0, 0.1) is 30.9 Å².